The molecule has 0 bridgehead atoms. The summed E-state index contributed by atoms with van der Waals surface area (Å²) < 4.78 is 13.8. The molecule has 1 amide bonds. The molecule has 0 unspecified atom stereocenters. The van der Waals surface area contributed by atoms with Crippen molar-refractivity contribution in [2.75, 3.05) is 6.54 Å². The number of halogens is 1. The standard InChI is InChI=1S/C17H15FN2O4/c1-2-9-19(11-12-5-3-4-6-15(12)18)17(22)14-8-7-13(21)10-16(14)20(23)24/h2-8,10,21H,1,9,11H2. The zero-order chi connectivity index (χ0) is 17.7. The Morgan fingerprint density at radius 3 is 2.67 bits per heavy atom. The average molecular weight is 330 g/mol. The lowest BCUT2D eigenvalue weighted by atomic mass is 10.1. The van der Waals surface area contributed by atoms with Crippen LogP contribution in [0.25, 0.3) is 0 Å². The van der Waals surface area contributed by atoms with E-state index < -0.39 is 22.3 Å². The first-order chi connectivity index (χ1) is 11.4. The molecule has 24 heavy (non-hydrogen) atoms. The van der Waals surface area contributed by atoms with Crippen LogP contribution in [0.3, 0.4) is 0 Å². The first-order valence-electron chi connectivity index (χ1n) is 7.05. The van der Waals surface area contributed by atoms with Gasteiger partial charge in [0.05, 0.1) is 11.0 Å². The quantitative estimate of drug-likeness (QED) is 0.500. The fourth-order valence-corrected chi connectivity index (χ4v) is 2.23. The smallest absolute Gasteiger partial charge is 0.285 e. The van der Waals surface area contributed by atoms with Crippen molar-refractivity contribution < 1.29 is 19.2 Å². The van der Waals surface area contributed by atoms with Crippen molar-refractivity contribution >= 4 is 11.6 Å². The van der Waals surface area contributed by atoms with Gasteiger partial charge in [0.25, 0.3) is 11.6 Å². The van der Waals surface area contributed by atoms with Crippen LogP contribution in [-0.2, 0) is 6.54 Å². The minimum atomic E-state index is -0.748. The molecule has 124 valence electrons. The van der Waals surface area contributed by atoms with Crippen LogP contribution in [0, 0.1) is 15.9 Å². The van der Waals surface area contributed by atoms with Gasteiger partial charge in [-0.1, -0.05) is 24.3 Å². The molecule has 2 aromatic carbocycles. The van der Waals surface area contributed by atoms with Crippen molar-refractivity contribution in [3.05, 3.63) is 82.2 Å². The Kier molecular flexibility index (Phi) is 5.26. The predicted octanol–water partition coefficient (Wildman–Crippen LogP) is 3.27. The van der Waals surface area contributed by atoms with Crippen LogP contribution in [0.1, 0.15) is 15.9 Å². The molecule has 0 saturated heterocycles. The summed E-state index contributed by atoms with van der Waals surface area (Å²) in [6.07, 6.45) is 1.45. The van der Waals surface area contributed by atoms with E-state index in [1.54, 1.807) is 6.07 Å². The molecule has 6 nitrogen and oxygen atoms in total. The second-order valence-corrected chi connectivity index (χ2v) is 5.02. The molecule has 0 aliphatic heterocycles. The lowest BCUT2D eigenvalue weighted by Crippen LogP contribution is -2.31. The Hall–Kier alpha value is -3.22. The highest BCUT2D eigenvalue weighted by molar-refractivity contribution is 5.98. The van der Waals surface area contributed by atoms with Crippen molar-refractivity contribution in [2.45, 2.75) is 6.54 Å². The van der Waals surface area contributed by atoms with Gasteiger partial charge in [0, 0.05) is 18.7 Å². The molecule has 2 rings (SSSR count). The third-order valence-corrected chi connectivity index (χ3v) is 3.36. The van der Waals surface area contributed by atoms with Crippen molar-refractivity contribution in [1.82, 2.24) is 4.90 Å². The van der Waals surface area contributed by atoms with Crippen molar-refractivity contribution in [2.24, 2.45) is 0 Å². The molecule has 0 fully saturated rings. The van der Waals surface area contributed by atoms with Gasteiger partial charge in [-0.25, -0.2) is 4.39 Å². The van der Waals surface area contributed by atoms with Gasteiger partial charge in [0.1, 0.15) is 17.1 Å². The molecule has 0 spiro atoms. The molecule has 0 aromatic heterocycles. The van der Waals surface area contributed by atoms with E-state index in [1.165, 1.54) is 41.3 Å². The van der Waals surface area contributed by atoms with E-state index >= 15 is 0 Å². The summed E-state index contributed by atoms with van der Waals surface area (Å²) in [5.74, 6) is -1.44. The number of aromatic hydroxyl groups is 1. The maximum Gasteiger partial charge on any atom is 0.285 e. The fraction of sp³-hybridized carbons (Fsp3) is 0.118. The van der Waals surface area contributed by atoms with Crippen molar-refractivity contribution in [3.63, 3.8) is 0 Å². The lowest BCUT2D eigenvalue weighted by molar-refractivity contribution is -0.385. The molecule has 2 aromatic rings. The van der Waals surface area contributed by atoms with Gasteiger partial charge in [-0.05, 0) is 18.2 Å². The first kappa shape index (κ1) is 17.1. The number of phenolic OH excluding ortho intramolecular Hbond substituents is 1. The number of hydrogen-bond donors (Lipinski definition) is 1. The second-order valence-electron chi connectivity index (χ2n) is 5.02. The van der Waals surface area contributed by atoms with Gasteiger partial charge in [0.15, 0.2) is 0 Å². The summed E-state index contributed by atoms with van der Waals surface area (Å²) in [5, 5.41) is 20.5. The Morgan fingerprint density at radius 2 is 2.04 bits per heavy atom. The molecule has 0 aliphatic carbocycles. The average Bonchev–Trinajstić information content (AvgIpc) is 2.55. The van der Waals surface area contributed by atoms with E-state index in [2.05, 4.69) is 6.58 Å². The SMILES string of the molecule is C=CCN(Cc1ccccc1F)C(=O)c1ccc(O)cc1[N+](=O)[O-]. The van der Waals surface area contributed by atoms with E-state index in [0.717, 1.165) is 6.07 Å². The van der Waals surface area contributed by atoms with E-state index in [-0.39, 0.29) is 30.0 Å². The fourth-order valence-electron chi connectivity index (χ4n) is 2.23. The number of carbonyl (C=O) groups is 1. The Balaban J connectivity index is 2.38. The number of phenols is 1. The number of nitrogens with zero attached hydrogens (tertiary/aromatic N) is 2. The first-order valence-corrected chi connectivity index (χ1v) is 7.05. The number of carbonyl (C=O) groups excluding carboxylic acids is 1. The highest BCUT2D eigenvalue weighted by Gasteiger charge is 2.25. The van der Waals surface area contributed by atoms with Crippen molar-refractivity contribution in [3.8, 4) is 5.75 Å². The van der Waals surface area contributed by atoms with Crippen LogP contribution in [0.2, 0.25) is 0 Å². The summed E-state index contributed by atoms with van der Waals surface area (Å²) in [5.41, 5.74) is -0.410. The topological polar surface area (TPSA) is 83.7 Å². The number of nitro benzene ring substituents is 1. The second kappa shape index (κ2) is 7.36. The Bertz CT molecular complexity index is 792. The van der Waals surface area contributed by atoms with Gasteiger partial charge in [-0.3, -0.25) is 14.9 Å². The van der Waals surface area contributed by atoms with Crippen LogP contribution >= 0.6 is 0 Å². The minimum Gasteiger partial charge on any atom is -0.508 e. The summed E-state index contributed by atoms with van der Waals surface area (Å²) in [7, 11) is 0. The maximum atomic E-state index is 13.8. The Morgan fingerprint density at radius 1 is 1.33 bits per heavy atom. The highest BCUT2D eigenvalue weighted by atomic mass is 19.1. The summed E-state index contributed by atoms with van der Waals surface area (Å²) in [6.45, 7) is 3.58. The summed E-state index contributed by atoms with van der Waals surface area (Å²) in [4.78, 5) is 24.3. The van der Waals surface area contributed by atoms with Gasteiger partial charge >= 0.3 is 0 Å². The minimum absolute atomic E-state index is 0.0600. The molecule has 0 aliphatic rings. The number of nitro groups is 1. The monoisotopic (exact) mass is 330 g/mol. The van der Waals surface area contributed by atoms with Crippen LogP contribution < -0.4 is 0 Å². The van der Waals surface area contributed by atoms with Crippen LogP contribution in [0.4, 0.5) is 10.1 Å². The van der Waals surface area contributed by atoms with Gasteiger partial charge in [0.2, 0.25) is 0 Å². The molecule has 0 radical (unpaired) electrons. The maximum absolute atomic E-state index is 13.8. The molecule has 7 heteroatoms. The predicted molar refractivity (Wildman–Crippen MR) is 86.1 cm³/mol. The van der Waals surface area contributed by atoms with E-state index in [1.807, 2.05) is 0 Å². The van der Waals surface area contributed by atoms with E-state index in [4.69, 9.17) is 0 Å². The normalized spacial score (nSPS) is 10.2. The zero-order valence-corrected chi connectivity index (χ0v) is 12.7. The molecular weight excluding hydrogens is 315 g/mol. The van der Waals surface area contributed by atoms with Gasteiger partial charge in [-0.2, -0.15) is 0 Å². The highest BCUT2D eigenvalue weighted by Crippen LogP contribution is 2.25. The summed E-state index contributed by atoms with van der Waals surface area (Å²) in [6, 6.07) is 9.24. The molecule has 0 heterocycles. The molecule has 0 saturated carbocycles. The zero-order valence-electron chi connectivity index (χ0n) is 12.7. The molecule has 0 atom stereocenters. The molecule has 1 N–H and O–H groups in total. The van der Waals surface area contributed by atoms with Crippen LogP contribution in [0.15, 0.2) is 55.1 Å². The third kappa shape index (κ3) is 3.75. The van der Waals surface area contributed by atoms with Gasteiger partial charge in [-0.15, -0.1) is 6.58 Å². The number of benzene rings is 2. The number of rotatable bonds is 6. The number of amides is 1. The molecular formula is C17H15FN2O4. The van der Waals surface area contributed by atoms with Crippen molar-refractivity contribution in [1.29, 1.82) is 0 Å². The largest absolute Gasteiger partial charge is 0.508 e. The third-order valence-electron chi connectivity index (χ3n) is 3.36. The van der Waals surface area contributed by atoms with E-state index in [9.17, 15) is 24.4 Å². The lowest BCUT2D eigenvalue weighted by Gasteiger charge is -2.21. The summed E-state index contributed by atoms with van der Waals surface area (Å²) >= 11 is 0. The van der Waals surface area contributed by atoms with E-state index in [0.29, 0.717) is 0 Å². The number of hydrogen-bond acceptors (Lipinski definition) is 4. The van der Waals surface area contributed by atoms with Gasteiger partial charge < -0.3 is 10.0 Å². The van der Waals surface area contributed by atoms with Crippen LogP contribution in [0.5, 0.6) is 5.75 Å². The Labute approximate surface area is 137 Å². The van der Waals surface area contributed by atoms with Crippen LogP contribution in [-0.4, -0.2) is 27.4 Å².